The van der Waals surface area contributed by atoms with E-state index in [1.54, 1.807) is 13.0 Å². The van der Waals surface area contributed by atoms with Crippen LogP contribution in [-0.2, 0) is 10.0 Å². The van der Waals surface area contributed by atoms with E-state index in [9.17, 15) is 12.8 Å². The first kappa shape index (κ1) is 16.0. The average Bonchev–Trinajstić information content (AvgIpc) is 2.42. The van der Waals surface area contributed by atoms with Crippen LogP contribution in [0, 0.1) is 12.7 Å². The molecule has 0 fully saturated rings. The largest absolute Gasteiger partial charge is 0.395 e. The van der Waals surface area contributed by atoms with Gasteiger partial charge in [-0.3, -0.25) is 4.72 Å². The molecule has 0 radical (unpaired) electrons. The second kappa shape index (κ2) is 5.78. The highest BCUT2D eigenvalue weighted by Gasteiger charge is 2.24. The predicted octanol–water partition coefficient (Wildman–Crippen LogP) is 3.33. The van der Waals surface area contributed by atoms with Crippen LogP contribution in [0.1, 0.15) is 5.56 Å². The van der Waals surface area contributed by atoms with Crippen molar-refractivity contribution in [2.75, 3.05) is 10.5 Å². The predicted molar refractivity (Wildman–Crippen MR) is 83.3 cm³/mol. The van der Waals surface area contributed by atoms with Crippen molar-refractivity contribution in [1.82, 2.24) is 4.98 Å². The number of nitrogens with one attached hydrogen (secondary N) is 1. The number of hydrogen-bond donors (Lipinski definition) is 2. The first-order valence-corrected chi connectivity index (χ1v) is 8.26. The lowest BCUT2D eigenvalue weighted by Gasteiger charge is -2.11. The molecule has 5 nitrogen and oxygen atoms in total. The van der Waals surface area contributed by atoms with Crippen LogP contribution in [0.15, 0.2) is 33.8 Å². The van der Waals surface area contributed by atoms with Crippen molar-refractivity contribution in [3.8, 4) is 0 Å². The second-order valence-electron chi connectivity index (χ2n) is 4.22. The Morgan fingerprint density at radius 1 is 1.43 bits per heavy atom. The van der Waals surface area contributed by atoms with Crippen LogP contribution in [0.5, 0.6) is 0 Å². The van der Waals surface area contributed by atoms with E-state index in [1.165, 1.54) is 12.3 Å². The number of aromatic nitrogens is 1. The van der Waals surface area contributed by atoms with Gasteiger partial charge in [0.05, 0.1) is 15.2 Å². The summed E-state index contributed by atoms with van der Waals surface area (Å²) in [4.78, 5) is 3.25. The van der Waals surface area contributed by atoms with E-state index in [2.05, 4.69) is 25.6 Å². The summed E-state index contributed by atoms with van der Waals surface area (Å²) in [6.45, 7) is 1.81. The molecule has 9 heteroatoms. The minimum atomic E-state index is -4.19. The molecule has 1 aromatic carbocycles. The van der Waals surface area contributed by atoms with Crippen molar-refractivity contribution in [1.29, 1.82) is 0 Å². The first-order chi connectivity index (χ1) is 9.72. The van der Waals surface area contributed by atoms with Gasteiger partial charge < -0.3 is 5.73 Å². The number of pyridine rings is 1. The third-order valence-electron chi connectivity index (χ3n) is 2.60. The Balaban J connectivity index is 2.47. The summed E-state index contributed by atoms with van der Waals surface area (Å²) in [5.41, 5.74) is 5.97. The molecule has 0 unspecified atom stereocenters. The Hall–Kier alpha value is -1.38. The highest BCUT2D eigenvalue weighted by Crippen LogP contribution is 2.35. The zero-order valence-electron chi connectivity index (χ0n) is 10.7. The fraction of sp³-hybridized carbons (Fsp3) is 0.0833. The monoisotopic (exact) mass is 393 g/mol. The van der Waals surface area contributed by atoms with E-state index in [1.807, 2.05) is 0 Å². The Morgan fingerprint density at radius 2 is 2.10 bits per heavy atom. The van der Waals surface area contributed by atoms with Gasteiger partial charge in [0.25, 0.3) is 10.0 Å². The Morgan fingerprint density at radius 3 is 2.67 bits per heavy atom. The van der Waals surface area contributed by atoms with Gasteiger partial charge in [-0.05, 0) is 40.5 Å². The molecule has 0 spiro atoms. The average molecular weight is 395 g/mol. The van der Waals surface area contributed by atoms with Gasteiger partial charge in [-0.15, -0.1) is 0 Å². The van der Waals surface area contributed by atoms with E-state index in [0.717, 1.165) is 11.6 Å². The number of aryl methyl sites for hydroxylation is 1. The summed E-state index contributed by atoms with van der Waals surface area (Å²) in [6, 6.07) is 4.12. The normalized spacial score (nSPS) is 11.4. The van der Waals surface area contributed by atoms with Crippen molar-refractivity contribution < 1.29 is 12.8 Å². The minimum absolute atomic E-state index is 0.00820. The molecule has 0 amide bonds. The maximum atomic E-state index is 14.1. The molecule has 2 aromatic rings. The van der Waals surface area contributed by atoms with Crippen LogP contribution in [-0.4, -0.2) is 13.4 Å². The van der Waals surface area contributed by atoms with Gasteiger partial charge in [0, 0.05) is 6.20 Å². The summed E-state index contributed by atoms with van der Waals surface area (Å²) in [5, 5.41) is -0.00820. The van der Waals surface area contributed by atoms with Crippen LogP contribution in [0.4, 0.5) is 15.9 Å². The van der Waals surface area contributed by atoms with Crippen molar-refractivity contribution in [2.24, 2.45) is 0 Å². The van der Waals surface area contributed by atoms with Crippen LogP contribution in [0.25, 0.3) is 0 Å². The lowest BCUT2D eigenvalue weighted by Crippen LogP contribution is -2.16. The number of benzene rings is 1. The molecular formula is C12H10BrClFN3O2S. The lowest BCUT2D eigenvalue weighted by molar-refractivity contribution is 0.572. The highest BCUT2D eigenvalue weighted by atomic mass is 79.9. The standard InChI is InChI=1S/C12H10BrClFN3O2S/c1-6-2-3-9(17-5-6)18-21(19,20)8-4-7(14)10(13)12(16)11(8)15/h2-5H,16H2,1H3,(H,17,18). The third kappa shape index (κ3) is 3.28. The number of sulfonamides is 1. The first-order valence-electron chi connectivity index (χ1n) is 5.61. The van der Waals surface area contributed by atoms with E-state index in [4.69, 9.17) is 17.3 Å². The lowest BCUT2D eigenvalue weighted by atomic mass is 10.3. The third-order valence-corrected chi connectivity index (χ3v) is 5.33. The van der Waals surface area contributed by atoms with E-state index in [-0.39, 0.29) is 21.0 Å². The van der Waals surface area contributed by atoms with E-state index >= 15 is 0 Å². The van der Waals surface area contributed by atoms with Gasteiger partial charge in [0.15, 0.2) is 5.82 Å². The molecule has 3 N–H and O–H groups in total. The van der Waals surface area contributed by atoms with Gasteiger partial charge in [-0.2, -0.15) is 0 Å². The van der Waals surface area contributed by atoms with Crippen LogP contribution in [0.2, 0.25) is 5.02 Å². The summed E-state index contributed by atoms with van der Waals surface area (Å²) in [6.07, 6.45) is 1.48. The SMILES string of the molecule is Cc1ccc(NS(=O)(=O)c2cc(Cl)c(Br)c(N)c2F)nc1. The number of hydrogen-bond acceptors (Lipinski definition) is 4. The van der Waals surface area contributed by atoms with Gasteiger partial charge >= 0.3 is 0 Å². The quantitative estimate of drug-likeness (QED) is 0.618. The molecule has 1 aromatic heterocycles. The molecule has 21 heavy (non-hydrogen) atoms. The molecule has 0 aliphatic heterocycles. The molecule has 0 saturated carbocycles. The van der Waals surface area contributed by atoms with Gasteiger partial charge in [-0.25, -0.2) is 17.8 Å². The maximum absolute atomic E-state index is 14.1. The van der Waals surface area contributed by atoms with Crippen LogP contribution < -0.4 is 10.5 Å². The summed E-state index contributed by atoms with van der Waals surface area (Å²) < 4.78 is 40.7. The van der Waals surface area contributed by atoms with Crippen molar-refractivity contribution in [2.45, 2.75) is 11.8 Å². The fourth-order valence-electron chi connectivity index (χ4n) is 1.52. The van der Waals surface area contributed by atoms with Crippen LogP contribution >= 0.6 is 27.5 Å². The Kier molecular flexibility index (Phi) is 4.40. The Bertz CT molecular complexity index is 797. The molecule has 0 saturated heterocycles. The van der Waals surface area contributed by atoms with Crippen molar-refractivity contribution in [3.05, 3.63) is 45.3 Å². The second-order valence-corrected chi connectivity index (χ2v) is 7.08. The molecule has 0 aliphatic rings. The van der Waals surface area contributed by atoms with Crippen molar-refractivity contribution >= 4 is 49.1 Å². The zero-order chi connectivity index (χ0) is 15.8. The van der Waals surface area contributed by atoms with Gasteiger partial charge in [0.1, 0.15) is 10.7 Å². The molecular weight excluding hydrogens is 385 g/mol. The Labute approximate surface area is 134 Å². The smallest absolute Gasteiger partial charge is 0.266 e. The highest BCUT2D eigenvalue weighted by molar-refractivity contribution is 9.10. The minimum Gasteiger partial charge on any atom is -0.395 e. The molecule has 2 rings (SSSR count). The topological polar surface area (TPSA) is 85.1 Å². The molecule has 1 heterocycles. The van der Waals surface area contributed by atoms with Crippen LogP contribution in [0.3, 0.4) is 0 Å². The number of rotatable bonds is 3. The van der Waals surface area contributed by atoms with E-state index < -0.39 is 20.7 Å². The van der Waals surface area contributed by atoms with Gasteiger partial charge in [0.2, 0.25) is 0 Å². The fourth-order valence-corrected chi connectivity index (χ4v) is 3.20. The zero-order valence-corrected chi connectivity index (χ0v) is 13.9. The van der Waals surface area contributed by atoms with E-state index in [0.29, 0.717) is 0 Å². The van der Waals surface area contributed by atoms with Crippen molar-refractivity contribution in [3.63, 3.8) is 0 Å². The molecule has 112 valence electrons. The number of nitrogens with zero attached hydrogens (tertiary/aromatic N) is 1. The maximum Gasteiger partial charge on any atom is 0.266 e. The summed E-state index contributed by atoms with van der Waals surface area (Å²) in [5.74, 6) is -1.01. The molecule has 0 bridgehead atoms. The number of nitrogens with two attached hydrogens (primary N) is 1. The molecule has 0 aliphatic carbocycles. The molecule has 0 atom stereocenters. The number of nitrogen functional groups attached to an aromatic ring is 1. The number of halogens is 3. The number of anilines is 2. The summed E-state index contributed by atoms with van der Waals surface area (Å²) in [7, 11) is -4.19. The summed E-state index contributed by atoms with van der Waals surface area (Å²) >= 11 is 8.80. The van der Waals surface area contributed by atoms with Gasteiger partial charge in [-0.1, -0.05) is 17.7 Å².